The third-order valence-electron chi connectivity index (χ3n) is 3.63. The van der Waals surface area contributed by atoms with Gasteiger partial charge in [-0.2, -0.15) is 0 Å². The Morgan fingerprint density at radius 2 is 2.00 bits per heavy atom. The number of aromatic hydroxyl groups is 1. The van der Waals surface area contributed by atoms with Crippen molar-refractivity contribution in [3.63, 3.8) is 0 Å². The molecular weight excluding hydrogens is 327 g/mol. The van der Waals surface area contributed by atoms with E-state index in [1.54, 1.807) is 12.1 Å². The van der Waals surface area contributed by atoms with E-state index in [1.165, 1.54) is 23.0 Å². The predicted octanol–water partition coefficient (Wildman–Crippen LogP) is 0.622. The van der Waals surface area contributed by atoms with Crippen LogP contribution in [0.1, 0.15) is 16.1 Å². The number of benzene rings is 1. The number of nitrogens with one attached hydrogen (secondary N) is 1. The molecule has 2 N–H and O–H groups in total. The van der Waals surface area contributed by atoms with Crippen LogP contribution < -0.4 is 10.9 Å². The Kier molecular flexibility index (Phi) is 6.24. The number of rotatable bonds is 7. The zero-order valence-corrected chi connectivity index (χ0v) is 14.2. The smallest absolute Gasteiger partial charge is 0.296 e. The van der Waals surface area contributed by atoms with Crippen LogP contribution in [0, 0.1) is 5.82 Å². The van der Waals surface area contributed by atoms with Crippen molar-refractivity contribution in [3.8, 4) is 5.75 Å². The molecule has 1 aromatic carbocycles. The lowest BCUT2D eigenvalue weighted by Crippen LogP contribution is -2.31. The SMILES string of the molecule is CN(C)CCn1cnc(C(=O)NCCc2ccc(F)cc2)c(O)c1=O. The van der Waals surface area contributed by atoms with Gasteiger partial charge in [0.15, 0.2) is 5.69 Å². The first kappa shape index (κ1) is 18.6. The number of nitrogens with zero attached hydrogens (tertiary/aromatic N) is 3. The number of likely N-dealkylation sites (N-methyl/N-ethyl adjacent to an activating group) is 1. The average molecular weight is 348 g/mol. The van der Waals surface area contributed by atoms with Gasteiger partial charge >= 0.3 is 0 Å². The van der Waals surface area contributed by atoms with Crippen LogP contribution in [0.3, 0.4) is 0 Å². The molecule has 1 aromatic heterocycles. The molecule has 2 rings (SSSR count). The standard InChI is InChI=1S/C17H21FN4O3/c1-21(2)9-10-22-11-20-14(15(23)17(22)25)16(24)19-8-7-12-3-5-13(18)6-4-12/h3-6,11,23H,7-10H2,1-2H3,(H,19,24). The van der Waals surface area contributed by atoms with E-state index in [4.69, 9.17) is 0 Å². The van der Waals surface area contributed by atoms with Crippen molar-refractivity contribution >= 4 is 5.91 Å². The maximum Gasteiger partial charge on any atom is 0.296 e. The summed E-state index contributed by atoms with van der Waals surface area (Å²) in [5, 5.41) is 12.5. The molecule has 0 fully saturated rings. The maximum absolute atomic E-state index is 12.8. The first-order valence-corrected chi connectivity index (χ1v) is 7.84. The summed E-state index contributed by atoms with van der Waals surface area (Å²) in [6.45, 7) is 1.23. The van der Waals surface area contributed by atoms with E-state index in [1.807, 2.05) is 19.0 Å². The van der Waals surface area contributed by atoms with Gasteiger partial charge in [0.1, 0.15) is 5.82 Å². The lowest BCUT2D eigenvalue weighted by Gasteiger charge is -2.12. The van der Waals surface area contributed by atoms with E-state index in [9.17, 15) is 19.1 Å². The van der Waals surface area contributed by atoms with Gasteiger partial charge in [-0.15, -0.1) is 0 Å². The topological polar surface area (TPSA) is 87.5 Å². The van der Waals surface area contributed by atoms with E-state index in [0.29, 0.717) is 19.5 Å². The number of halogens is 1. The molecule has 7 nitrogen and oxygen atoms in total. The molecule has 1 amide bonds. The van der Waals surface area contributed by atoms with E-state index in [-0.39, 0.29) is 18.1 Å². The van der Waals surface area contributed by atoms with Crippen molar-refractivity contribution in [3.05, 3.63) is 58.0 Å². The zero-order valence-electron chi connectivity index (χ0n) is 14.2. The molecule has 0 aliphatic carbocycles. The lowest BCUT2D eigenvalue weighted by molar-refractivity contribution is 0.0945. The molecule has 0 aliphatic heterocycles. The highest BCUT2D eigenvalue weighted by Crippen LogP contribution is 2.07. The van der Waals surface area contributed by atoms with Crippen LogP contribution in [0.5, 0.6) is 5.75 Å². The molecule has 0 atom stereocenters. The second-order valence-corrected chi connectivity index (χ2v) is 5.88. The minimum absolute atomic E-state index is 0.273. The highest BCUT2D eigenvalue weighted by atomic mass is 19.1. The van der Waals surface area contributed by atoms with Crippen LogP contribution in [0.15, 0.2) is 35.4 Å². The summed E-state index contributed by atoms with van der Waals surface area (Å²) < 4.78 is 14.1. The molecule has 25 heavy (non-hydrogen) atoms. The van der Waals surface area contributed by atoms with Gasteiger partial charge in [0.2, 0.25) is 5.75 Å². The number of hydrogen-bond acceptors (Lipinski definition) is 5. The first-order chi connectivity index (χ1) is 11.9. The number of amides is 1. The highest BCUT2D eigenvalue weighted by Gasteiger charge is 2.17. The summed E-state index contributed by atoms with van der Waals surface area (Å²) in [5.41, 5.74) is -0.0938. The minimum atomic E-state index is -0.666. The molecule has 0 radical (unpaired) electrons. The molecule has 134 valence electrons. The van der Waals surface area contributed by atoms with E-state index < -0.39 is 17.2 Å². The Balaban J connectivity index is 1.98. The van der Waals surface area contributed by atoms with E-state index in [0.717, 1.165) is 5.56 Å². The Morgan fingerprint density at radius 1 is 1.32 bits per heavy atom. The van der Waals surface area contributed by atoms with Crippen molar-refractivity contribution in [2.24, 2.45) is 0 Å². The van der Waals surface area contributed by atoms with Crippen molar-refractivity contribution < 1.29 is 14.3 Å². The molecule has 0 aliphatic rings. The van der Waals surface area contributed by atoms with Gasteiger partial charge in [0.25, 0.3) is 11.5 Å². The lowest BCUT2D eigenvalue weighted by atomic mass is 10.1. The summed E-state index contributed by atoms with van der Waals surface area (Å²) in [4.78, 5) is 29.9. The van der Waals surface area contributed by atoms with Gasteiger partial charge in [0.05, 0.1) is 6.33 Å². The Bertz CT molecular complexity index is 787. The second kappa shape index (κ2) is 8.39. The van der Waals surface area contributed by atoms with Crippen molar-refractivity contribution in [1.82, 2.24) is 19.8 Å². The van der Waals surface area contributed by atoms with Crippen molar-refractivity contribution in [1.29, 1.82) is 0 Å². The Morgan fingerprint density at radius 3 is 2.64 bits per heavy atom. The number of carbonyl (C=O) groups excluding carboxylic acids is 1. The monoisotopic (exact) mass is 348 g/mol. The van der Waals surface area contributed by atoms with E-state index in [2.05, 4.69) is 10.3 Å². The summed E-state index contributed by atoms with van der Waals surface area (Å²) in [6, 6.07) is 5.95. The Hall–Kier alpha value is -2.74. The van der Waals surface area contributed by atoms with Crippen LogP contribution in [0.2, 0.25) is 0 Å². The van der Waals surface area contributed by atoms with Crippen LogP contribution in [0.25, 0.3) is 0 Å². The van der Waals surface area contributed by atoms with Crippen LogP contribution in [-0.2, 0) is 13.0 Å². The van der Waals surface area contributed by atoms with Gasteiger partial charge < -0.3 is 15.3 Å². The first-order valence-electron chi connectivity index (χ1n) is 7.84. The highest BCUT2D eigenvalue weighted by molar-refractivity contribution is 5.94. The van der Waals surface area contributed by atoms with Crippen molar-refractivity contribution in [2.45, 2.75) is 13.0 Å². The molecule has 1 heterocycles. The fourth-order valence-electron chi connectivity index (χ4n) is 2.17. The van der Waals surface area contributed by atoms with E-state index >= 15 is 0 Å². The van der Waals surface area contributed by atoms with Gasteiger partial charge in [-0.05, 0) is 38.2 Å². The number of hydrogen-bond donors (Lipinski definition) is 2. The van der Waals surface area contributed by atoms with Crippen LogP contribution in [0.4, 0.5) is 4.39 Å². The van der Waals surface area contributed by atoms with Crippen LogP contribution in [-0.4, -0.2) is 52.6 Å². The molecule has 0 unspecified atom stereocenters. The summed E-state index contributed by atoms with van der Waals surface area (Å²) in [5.74, 6) is -1.62. The van der Waals surface area contributed by atoms with Gasteiger partial charge in [-0.3, -0.25) is 14.2 Å². The fourth-order valence-corrected chi connectivity index (χ4v) is 2.17. The molecule has 0 saturated heterocycles. The average Bonchev–Trinajstić information content (AvgIpc) is 2.57. The van der Waals surface area contributed by atoms with Gasteiger partial charge in [0, 0.05) is 19.6 Å². The zero-order chi connectivity index (χ0) is 18.4. The molecule has 0 spiro atoms. The third-order valence-corrected chi connectivity index (χ3v) is 3.63. The quantitative estimate of drug-likeness (QED) is 0.766. The molecular formula is C17H21FN4O3. The molecule has 8 heteroatoms. The molecule has 2 aromatic rings. The fraction of sp³-hybridized carbons (Fsp3) is 0.353. The summed E-state index contributed by atoms with van der Waals surface area (Å²) in [6.07, 6.45) is 1.74. The van der Waals surface area contributed by atoms with Gasteiger partial charge in [-0.1, -0.05) is 12.1 Å². The third kappa shape index (κ3) is 5.12. The minimum Gasteiger partial charge on any atom is -0.501 e. The molecule has 0 saturated carbocycles. The number of aromatic nitrogens is 2. The summed E-state index contributed by atoms with van der Waals surface area (Å²) in [7, 11) is 3.72. The Labute approximate surface area is 144 Å². The predicted molar refractivity (Wildman–Crippen MR) is 91.2 cm³/mol. The molecule has 0 bridgehead atoms. The van der Waals surface area contributed by atoms with Gasteiger partial charge in [-0.25, -0.2) is 9.37 Å². The van der Waals surface area contributed by atoms with Crippen LogP contribution >= 0.6 is 0 Å². The normalized spacial score (nSPS) is 10.9. The second-order valence-electron chi connectivity index (χ2n) is 5.88. The maximum atomic E-state index is 12.8. The largest absolute Gasteiger partial charge is 0.501 e. The van der Waals surface area contributed by atoms with Crippen molar-refractivity contribution in [2.75, 3.05) is 27.2 Å². The summed E-state index contributed by atoms with van der Waals surface area (Å²) >= 11 is 0. The number of carbonyl (C=O) groups is 1.